The summed E-state index contributed by atoms with van der Waals surface area (Å²) in [4.78, 5) is 25.2. The lowest BCUT2D eigenvalue weighted by Crippen LogP contribution is -2.31. The molecule has 1 aromatic rings. The van der Waals surface area contributed by atoms with Gasteiger partial charge in [0.2, 0.25) is 0 Å². The number of halogens is 5. The topological polar surface area (TPSA) is 78.9 Å². The largest absolute Gasteiger partial charge is 0.466 e. The highest BCUT2D eigenvalue weighted by molar-refractivity contribution is 6.31. The Balaban J connectivity index is 2.48. The maximum absolute atomic E-state index is 14.1. The zero-order valence-electron chi connectivity index (χ0n) is 13.3. The summed E-state index contributed by atoms with van der Waals surface area (Å²) in [6.45, 7) is -0.781. The molecule has 26 heavy (non-hydrogen) atoms. The molecule has 142 valence electrons. The number of carbonyl (C=O) groups excluding carboxylic acids is 2. The molecule has 0 aliphatic carbocycles. The molecule has 2 rings (SSSR count). The van der Waals surface area contributed by atoms with E-state index in [2.05, 4.69) is 10.1 Å². The molecule has 2 N–H and O–H groups in total. The van der Waals surface area contributed by atoms with Crippen LogP contribution in [-0.2, 0) is 20.5 Å². The van der Waals surface area contributed by atoms with Crippen LogP contribution in [0.25, 0.3) is 0 Å². The van der Waals surface area contributed by atoms with Crippen LogP contribution in [0.1, 0.15) is 5.56 Å². The van der Waals surface area contributed by atoms with E-state index in [9.17, 15) is 27.2 Å². The van der Waals surface area contributed by atoms with Crippen molar-refractivity contribution in [3.8, 4) is 0 Å². The van der Waals surface area contributed by atoms with E-state index in [1.807, 2.05) is 0 Å². The number of esters is 1. The number of alkyl halides is 3. The number of methoxy groups -OCH3 is 1. The van der Waals surface area contributed by atoms with Crippen LogP contribution in [0.3, 0.4) is 0 Å². The van der Waals surface area contributed by atoms with E-state index in [1.165, 1.54) is 0 Å². The lowest BCUT2D eigenvalue weighted by molar-refractivity contribution is -0.138. The molecule has 6 nitrogen and oxygen atoms in total. The normalized spacial score (nSPS) is 14.9. The monoisotopic (exact) mass is 396 g/mol. The quantitative estimate of drug-likeness (QED) is 0.589. The fraction of sp³-hybridized carbons (Fsp3) is 0.333. The molecule has 1 aliphatic heterocycles. The summed E-state index contributed by atoms with van der Waals surface area (Å²) in [6.07, 6.45) is -4.80. The number of nitrogens with zero attached hydrogens (tertiary/aromatic N) is 1. The molecule has 1 aromatic carbocycles. The van der Waals surface area contributed by atoms with Gasteiger partial charge in [-0.1, -0.05) is 11.6 Å². The predicted molar refractivity (Wildman–Crippen MR) is 82.7 cm³/mol. The Hall–Kier alpha value is -2.33. The van der Waals surface area contributed by atoms with Gasteiger partial charge in [-0.3, -0.25) is 4.79 Å². The van der Waals surface area contributed by atoms with Gasteiger partial charge in [0, 0.05) is 6.54 Å². The fourth-order valence-electron chi connectivity index (χ4n) is 2.33. The SMILES string of the molecule is COC(=O)C1=C(Nc2cc(C(F)(F)F)cc(Cl)c2F)C(=O)N(CCO)C1. The maximum atomic E-state index is 14.1. The number of amides is 1. The molecular weight excluding hydrogens is 384 g/mol. The minimum Gasteiger partial charge on any atom is -0.466 e. The third kappa shape index (κ3) is 3.91. The van der Waals surface area contributed by atoms with Crippen molar-refractivity contribution in [3.05, 3.63) is 39.8 Å². The van der Waals surface area contributed by atoms with Crippen LogP contribution in [0.15, 0.2) is 23.4 Å². The Bertz CT molecular complexity index is 780. The lowest BCUT2D eigenvalue weighted by atomic mass is 10.1. The molecule has 0 fully saturated rings. The zero-order chi connectivity index (χ0) is 19.6. The lowest BCUT2D eigenvalue weighted by Gasteiger charge is -2.16. The fourth-order valence-corrected chi connectivity index (χ4v) is 2.55. The van der Waals surface area contributed by atoms with Crippen molar-refractivity contribution in [3.63, 3.8) is 0 Å². The van der Waals surface area contributed by atoms with Crippen LogP contribution in [0.2, 0.25) is 5.02 Å². The Kier molecular flexibility index (Phi) is 5.77. The van der Waals surface area contributed by atoms with Crippen molar-refractivity contribution in [2.24, 2.45) is 0 Å². The van der Waals surface area contributed by atoms with Gasteiger partial charge in [-0.05, 0) is 12.1 Å². The zero-order valence-corrected chi connectivity index (χ0v) is 14.0. The second kappa shape index (κ2) is 7.50. The third-order valence-electron chi connectivity index (χ3n) is 3.57. The average Bonchev–Trinajstić information content (AvgIpc) is 2.87. The number of hydrogen-bond donors (Lipinski definition) is 2. The standard InChI is InChI=1S/C15H13ClF4N2O4/c1-26-14(25)8-6-22(2-3-23)13(24)12(8)21-10-5-7(15(18,19)20)4-9(16)11(10)17/h4-5,21,23H,2-3,6H2,1H3. The van der Waals surface area contributed by atoms with Crippen LogP contribution in [0.5, 0.6) is 0 Å². The number of rotatable bonds is 5. The number of benzene rings is 1. The van der Waals surface area contributed by atoms with E-state index in [0.717, 1.165) is 12.0 Å². The van der Waals surface area contributed by atoms with Crippen molar-refractivity contribution in [2.45, 2.75) is 6.18 Å². The molecule has 0 saturated heterocycles. The summed E-state index contributed by atoms with van der Waals surface area (Å²) >= 11 is 5.50. The molecule has 1 amide bonds. The Morgan fingerprint density at radius 1 is 1.42 bits per heavy atom. The Morgan fingerprint density at radius 3 is 2.62 bits per heavy atom. The first-order valence-electron chi connectivity index (χ1n) is 7.15. The highest BCUT2D eigenvalue weighted by atomic mass is 35.5. The molecular formula is C15H13ClF4N2O4. The van der Waals surface area contributed by atoms with E-state index >= 15 is 0 Å². The number of aliphatic hydroxyl groups excluding tert-OH is 1. The van der Waals surface area contributed by atoms with E-state index in [0.29, 0.717) is 12.1 Å². The molecule has 0 radical (unpaired) electrons. The van der Waals surface area contributed by atoms with Gasteiger partial charge in [0.05, 0.1) is 42.1 Å². The number of carbonyl (C=O) groups is 2. The smallest absolute Gasteiger partial charge is 0.416 e. The van der Waals surface area contributed by atoms with Gasteiger partial charge in [-0.2, -0.15) is 13.2 Å². The highest BCUT2D eigenvalue weighted by Crippen LogP contribution is 2.36. The van der Waals surface area contributed by atoms with Crippen molar-refractivity contribution in [2.75, 3.05) is 32.1 Å². The first kappa shape index (κ1) is 20.0. The highest BCUT2D eigenvalue weighted by Gasteiger charge is 2.36. The van der Waals surface area contributed by atoms with Gasteiger partial charge in [-0.25, -0.2) is 9.18 Å². The van der Waals surface area contributed by atoms with Crippen molar-refractivity contribution in [1.82, 2.24) is 4.90 Å². The summed E-state index contributed by atoms with van der Waals surface area (Å²) in [7, 11) is 1.05. The molecule has 0 unspecified atom stereocenters. The Morgan fingerprint density at radius 2 is 2.08 bits per heavy atom. The number of β-amino-alcohol motifs (C(OH)–C–C–N with tert-alkyl or cyclic N) is 1. The summed E-state index contributed by atoms with van der Waals surface area (Å²) in [5.74, 6) is -2.93. The van der Waals surface area contributed by atoms with Gasteiger partial charge >= 0.3 is 12.1 Å². The molecule has 0 atom stereocenters. The van der Waals surface area contributed by atoms with E-state index in [1.54, 1.807) is 0 Å². The van der Waals surface area contributed by atoms with Crippen LogP contribution >= 0.6 is 11.6 Å². The second-order valence-corrected chi connectivity index (χ2v) is 5.65. The summed E-state index contributed by atoms with van der Waals surface area (Å²) in [5.41, 5.74) is -2.61. The Labute approximate surface area is 150 Å². The summed E-state index contributed by atoms with van der Waals surface area (Å²) in [5, 5.41) is 10.4. The summed E-state index contributed by atoms with van der Waals surface area (Å²) < 4.78 is 57.4. The predicted octanol–water partition coefficient (Wildman–Crippen LogP) is 2.17. The third-order valence-corrected chi connectivity index (χ3v) is 3.84. The average molecular weight is 397 g/mol. The van der Waals surface area contributed by atoms with Crippen molar-refractivity contribution in [1.29, 1.82) is 0 Å². The molecule has 1 aliphatic rings. The van der Waals surface area contributed by atoms with Gasteiger partial charge in [-0.15, -0.1) is 0 Å². The number of hydrogen-bond acceptors (Lipinski definition) is 5. The first-order chi connectivity index (χ1) is 12.1. The van der Waals surface area contributed by atoms with Crippen LogP contribution < -0.4 is 5.32 Å². The molecule has 0 spiro atoms. The maximum Gasteiger partial charge on any atom is 0.416 e. The van der Waals surface area contributed by atoms with Gasteiger partial charge in [0.25, 0.3) is 5.91 Å². The van der Waals surface area contributed by atoms with Crippen molar-refractivity contribution >= 4 is 29.2 Å². The number of anilines is 1. The van der Waals surface area contributed by atoms with Gasteiger partial charge in [0.1, 0.15) is 5.70 Å². The van der Waals surface area contributed by atoms with Gasteiger partial charge < -0.3 is 20.1 Å². The molecule has 11 heteroatoms. The molecule has 0 saturated carbocycles. The minimum atomic E-state index is -4.80. The van der Waals surface area contributed by atoms with Gasteiger partial charge in [0.15, 0.2) is 5.82 Å². The molecule has 1 heterocycles. The van der Waals surface area contributed by atoms with Crippen LogP contribution in [-0.4, -0.2) is 48.7 Å². The summed E-state index contributed by atoms with van der Waals surface area (Å²) in [6, 6.07) is 0.845. The number of aliphatic hydroxyl groups is 1. The van der Waals surface area contributed by atoms with E-state index in [-0.39, 0.29) is 18.7 Å². The van der Waals surface area contributed by atoms with Crippen LogP contribution in [0, 0.1) is 5.82 Å². The first-order valence-corrected chi connectivity index (χ1v) is 7.52. The molecule has 0 bridgehead atoms. The number of nitrogens with one attached hydrogen (secondary N) is 1. The van der Waals surface area contributed by atoms with Crippen LogP contribution in [0.4, 0.5) is 23.2 Å². The van der Waals surface area contributed by atoms with E-state index in [4.69, 9.17) is 16.7 Å². The minimum absolute atomic E-state index is 0.129. The van der Waals surface area contributed by atoms with Crippen molar-refractivity contribution < 1.29 is 37.0 Å². The molecule has 0 aromatic heterocycles. The second-order valence-electron chi connectivity index (χ2n) is 5.24. The number of ether oxygens (including phenoxy) is 1. The van der Waals surface area contributed by atoms with E-state index < -0.39 is 52.4 Å².